The number of likely N-dealkylation sites (N-methyl/N-ethyl adjacent to an activating group) is 1. The fourth-order valence-corrected chi connectivity index (χ4v) is 3.87. The number of benzene rings is 1. The van der Waals surface area contributed by atoms with Gasteiger partial charge >= 0.3 is 0 Å². The molecule has 1 aliphatic carbocycles. The molecule has 110 valence electrons. The van der Waals surface area contributed by atoms with Crippen molar-refractivity contribution < 1.29 is 4.39 Å². The molecule has 1 saturated carbocycles. The number of halogens is 1. The summed E-state index contributed by atoms with van der Waals surface area (Å²) >= 11 is 0. The van der Waals surface area contributed by atoms with Crippen LogP contribution in [0, 0.1) is 11.7 Å². The van der Waals surface area contributed by atoms with Crippen molar-refractivity contribution in [3.8, 4) is 0 Å². The van der Waals surface area contributed by atoms with E-state index in [-0.39, 0.29) is 5.82 Å². The van der Waals surface area contributed by atoms with E-state index in [2.05, 4.69) is 17.3 Å². The van der Waals surface area contributed by atoms with Crippen molar-refractivity contribution in [3.63, 3.8) is 0 Å². The summed E-state index contributed by atoms with van der Waals surface area (Å²) in [4.78, 5) is 2.17. The molecule has 20 heavy (non-hydrogen) atoms. The van der Waals surface area contributed by atoms with Gasteiger partial charge in [0.15, 0.2) is 0 Å². The Hall–Kier alpha value is -1.09. The zero-order valence-electron chi connectivity index (χ0n) is 12.3. The first-order valence-corrected chi connectivity index (χ1v) is 7.95. The number of fused-ring (bicyclic) bond motifs is 1. The highest BCUT2D eigenvalue weighted by atomic mass is 19.1. The minimum Gasteiger partial charge on any atom is -0.373 e. The van der Waals surface area contributed by atoms with E-state index in [0.717, 1.165) is 24.2 Å². The van der Waals surface area contributed by atoms with Gasteiger partial charge in [-0.1, -0.05) is 18.9 Å². The summed E-state index contributed by atoms with van der Waals surface area (Å²) in [7, 11) is 2.06. The Labute approximate surface area is 121 Å². The van der Waals surface area contributed by atoms with E-state index in [0.29, 0.717) is 6.04 Å². The second kappa shape index (κ2) is 6.13. The van der Waals surface area contributed by atoms with Gasteiger partial charge in [-0.15, -0.1) is 0 Å². The van der Waals surface area contributed by atoms with Gasteiger partial charge in [0.1, 0.15) is 5.82 Å². The van der Waals surface area contributed by atoms with Crippen LogP contribution in [0.15, 0.2) is 24.3 Å². The van der Waals surface area contributed by atoms with Crippen LogP contribution in [0.2, 0.25) is 0 Å². The average Bonchev–Trinajstić information content (AvgIpc) is 2.47. The first kappa shape index (κ1) is 13.9. The predicted molar refractivity (Wildman–Crippen MR) is 81.6 cm³/mol. The minimum atomic E-state index is -0.154. The number of rotatable bonds is 3. The standard InChI is InChI=1S/C17H25FN2/c1-20(16-7-4-6-14(18)11-16)12-15-10-9-13-5-2-3-8-17(13)19-15/h4,6-7,11,13,15,17,19H,2-3,5,8-10,12H2,1H3. The molecule has 0 radical (unpaired) electrons. The fourth-order valence-electron chi connectivity index (χ4n) is 3.87. The molecule has 0 amide bonds. The summed E-state index contributed by atoms with van der Waals surface area (Å²) in [6, 6.07) is 8.16. The molecule has 1 aliphatic heterocycles. The lowest BCUT2D eigenvalue weighted by Gasteiger charge is -2.41. The van der Waals surface area contributed by atoms with Crippen molar-refractivity contribution in [1.82, 2.24) is 5.32 Å². The van der Waals surface area contributed by atoms with Gasteiger partial charge in [0.2, 0.25) is 0 Å². The maximum absolute atomic E-state index is 13.3. The van der Waals surface area contributed by atoms with Crippen molar-refractivity contribution in [1.29, 1.82) is 0 Å². The van der Waals surface area contributed by atoms with Crippen LogP contribution in [0.25, 0.3) is 0 Å². The van der Waals surface area contributed by atoms with Gasteiger partial charge in [-0.3, -0.25) is 0 Å². The van der Waals surface area contributed by atoms with Crippen LogP contribution in [0.1, 0.15) is 38.5 Å². The van der Waals surface area contributed by atoms with E-state index >= 15 is 0 Å². The third-order valence-corrected chi connectivity index (χ3v) is 4.99. The van der Waals surface area contributed by atoms with Crippen LogP contribution >= 0.6 is 0 Å². The third-order valence-electron chi connectivity index (χ3n) is 4.99. The molecule has 1 N–H and O–H groups in total. The second-order valence-corrected chi connectivity index (χ2v) is 6.45. The first-order valence-electron chi connectivity index (χ1n) is 7.95. The maximum atomic E-state index is 13.3. The van der Waals surface area contributed by atoms with Crippen molar-refractivity contribution in [2.24, 2.45) is 5.92 Å². The summed E-state index contributed by atoms with van der Waals surface area (Å²) in [5.74, 6) is 0.748. The molecule has 1 saturated heterocycles. The fraction of sp³-hybridized carbons (Fsp3) is 0.647. The largest absolute Gasteiger partial charge is 0.373 e. The molecule has 1 aromatic rings. The molecule has 3 rings (SSSR count). The van der Waals surface area contributed by atoms with Crippen LogP contribution in [0.5, 0.6) is 0 Å². The normalized spacial score (nSPS) is 29.8. The van der Waals surface area contributed by atoms with E-state index in [4.69, 9.17) is 0 Å². The number of piperidine rings is 1. The van der Waals surface area contributed by atoms with Crippen molar-refractivity contribution in [2.75, 3.05) is 18.5 Å². The second-order valence-electron chi connectivity index (χ2n) is 6.45. The summed E-state index contributed by atoms with van der Waals surface area (Å²) < 4.78 is 13.3. The zero-order valence-corrected chi connectivity index (χ0v) is 12.3. The van der Waals surface area contributed by atoms with Gasteiger partial charge in [-0.25, -0.2) is 4.39 Å². The molecule has 2 nitrogen and oxygen atoms in total. The summed E-state index contributed by atoms with van der Waals surface area (Å²) in [5.41, 5.74) is 0.970. The summed E-state index contributed by atoms with van der Waals surface area (Å²) in [6.45, 7) is 0.965. The van der Waals surface area contributed by atoms with Gasteiger partial charge < -0.3 is 10.2 Å². The molecule has 2 fully saturated rings. The highest BCUT2D eigenvalue weighted by molar-refractivity contribution is 5.45. The first-order chi connectivity index (χ1) is 9.72. The Balaban J connectivity index is 1.58. The highest BCUT2D eigenvalue weighted by Gasteiger charge is 2.31. The van der Waals surface area contributed by atoms with E-state index in [9.17, 15) is 4.39 Å². The molecular formula is C17H25FN2. The van der Waals surface area contributed by atoms with Gasteiger partial charge in [-0.2, -0.15) is 0 Å². The maximum Gasteiger partial charge on any atom is 0.125 e. The average molecular weight is 276 g/mol. The lowest BCUT2D eigenvalue weighted by atomic mass is 9.78. The molecule has 0 bridgehead atoms. The summed E-state index contributed by atoms with van der Waals surface area (Å²) in [6.07, 6.45) is 8.15. The quantitative estimate of drug-likeness (QED) is 0.908. The minimum absolute atomic E-state index is 0.154. The van der Waals surface area contributed by atoms with Crippen molar-refractivity contribution >= 4 is 5.69 Å². The lowest BCUT2D eigenvalue weighted by molar-refractivity contribution is 0.178. The third kappa shape index (κ3) is 3.14. The van der Waals surface area contributed by atoms with E-state index in [1.54, 1.807) is 12.1 Å². The van der Waals surface area contributed by atoms with Crippen molar-refractivity contribution in [3.05, 3.63) is 30.1 Å². The molecule has 0 aromatic heterocycles. The van der Waals surface area contributed by atoms with Crippen LogP contribution in [-0.2, 0) is 0 Å². The van der Waals surface area contributed by atoms with Crippen LogP contribution in [0.3, 0.4) is 0 Å². The Kier molecular flexibility index (Phi) is 4.25. The Morgan fingerprint density at radius 2 is 2.05 bits per heavy atom. The Morgan fingerprint density at radius 3 is 2.90 bits per heavy atom. The lowest BCUT2D eigenvalue weighted by Crippen LogP contribution is -2.52. The molecular weight excluding hydrogens is 251 g/mol. The van der Waals surface area contributed by atoms with Gasteiger partial charge in [0.05, 0.1) is 0 Å². The van der Waals surface area contributed by atoms with E-state index in [1.807, 2.05) is 6.07 Å². The molecule has 0 spiro atoms. The van der Waals surface area contributed by atoms with Gasteiger partial charge in [-0.05, 0) is 49.8 Å². The van der Waals surface area contributed by atoms with Gasteiger partial charge in [0.25, 0.3) is 0 Å². The van der Waals surface area contributed by atoms with Crippen LogP contribution < -0.4 is 10.2 Å². The van der Waals surface area contributed by atoms with Gasteiger partial charge in [0, 0.05) is 31.4 Å². The topological polar surface area (TPSA) is 15.3 Å². The monoisotopic (exact) mass is 276 g/mol. The number of hydrogen-bond acceptors (Lipinski definition) is 2. The molecule has 3 atom stereocenters. The molecule has 2 aliphatic rings. The number of anilines is 1. The van der Waals surface area contributed by atoms with E-state index < -0.39 is 0 Å². The molecule has 3 unspecified atom stereocenters. The smallest absolute Gasteiger partial charge is 0.125 e. The number of nitrogens with one attached hydrogen (secondary N) is 1. The zero-order chi connectivity index (χ0) is 13.9. The Bertz CT molecular complexity index is 448. The highest BCUT2D eigenvalue weighted by Crippen LogP contribution is 2.32. The SMILES string of the molecule is CN(CC1CCC2CCCCC2N1)c1cccc(F)c1. The molecule has 3 heteroatoms. The molecule has 1 heterocycles. The predicted octanol–water partition coefficient (Wildman–Crippen LogP) is 3.57. The van der Waals surface area contributed by atoms with Crippen LogP contribution in [0.4, 0.5) is 10.1 Å². The van der Waals surface area contributed by atoms with Crippen LogP contribution in [-0.4, -0.2) is 25.7 Å². The van der Waals surface area contributed by atoms with E-state index in [1.165, 1.54) is 44.6 Å². The summed E-state index contributed by atoms with van der Waals surface area (Å²) in [5, 5.41) is 3.84. The number of hydrogen-bond donors (Lipinski definition) is 1. The van der Waals surface area contributed by atoms with Crippen molar-refractivity contribution in [2.45, 2.75) is 50.6 Å². The Morgan fingerprint density at radius 1 is 1.20 bits per heavy atom. The number of nitrogens with zero attached hydrogens (tertiary/aromatic N) is 1. The molecule has 1 aromatic carbocycles.